The van der Waals surface area contributed by atoms with Gasteiger partial charge in [0.25, 0.3) is 0 Å². The number of hydrogen-bond acceptors (Lipinski definition) is 3. The van der Waals surface area contributed by atoms with Crippen LogP contribution in [0, 0.1) is 5.92 Å². The quantitative estimate of drug-likeness (QED) is 0.704. The Balaban J connectivity index is 2.61. The highest BCUT2D eigenvalue weighted by Crippen LogP contribution is 2.33. The van der Waals surface area contributed by atoms with Gasteiger partial charge in [-0.3, -0.25) is 4.90 Å². The van der Waals surface area contributed by atoms with Gasteiger partial charge in [-0.15, -0.1) is 0 Å². The zero-order valence-corrected chi connectivity index (χ0v) is 9.79. The first-order valence-electron chi connectivity index (χ1n) is 5.59. The molecule has 2 unspecified atom stereocenters. The zero-order valence-electron chi connectivity index (χ0n) is 9.79. The summed E-state index contributed by atoms with van der Waals surface area (Å²) < 4.78 is 5.80. The molecule has 1 aliphatic heterocycles. The van der Waals surface area contributed by atoms with Gasteiger partial charge in [0.1, 0.15) is 5.72 Å². The van der Waals surface area contributed by atoms with Crippen LogP contribution in [0.15, 0.2) is 0 Å². The second-order valence-corrected chi connectivity index (χ2v) is 4.58. The standard InChI is InChI=1S/C11H23NO2/c1-5-11(7-6-8-12(11)4)14-10(13)9(2)3/h9-10,13H,5-8H2,1-4H3. The number of likely N-dealkylation sites (tertiary alicyclic amines) is 1. The van der Waals surface area contributed by atoms with E-state index in [1.165, 1.54) is 0 Å². The van der Waals surface area contributed by atoms with E-state index in [0.717, 1.165) is 25.8 Å². The Labute approximate surface area is 87.1 Å². The van der Waals surface area contributed by atoms with Crippen molar-refractivity contribution in [2.45, 2.75) is 52.0 Å². The third-order valence-corrected chi connectivity index (χ3v) is 3.22. The van der Waals surface area contributed by atoms with Crippen LogP contribution in [0.1, 0.15) is 40.0 Å². The van der Waals surface area contributed by atoms with Crippen molar-refractivity contribution in [1.29, 1.82) is 0 Å². The molecule has 3 nitrogen and oxygen atoms in total. The highest BCUT2D eigenvalue weighted by Gasteiger charge is 2.40. The van der Waals surface area contributed by atoms with Crippen LogP contribution in [0.2, 0.25) is 0 Å². The fourth-order valence-electron chi connectivity index (χ4n) is 2.03. The van der Waals surface area contributed by atoms with E-state index in [2.05, 4.69) is 18.9 Å². The smallest absolute Gasteiger partial charge is 0.159 e. The zero-order chi connectivity index (χ0) is 10.8. The molecule has 14 heavy (non-hydrogen) atoms. The van der Waals surface area contributed by atoms with Crippen molar-refractivity contribution in [3.8, 4) is 0 Å². The minimum atomic E-state index is -0.643. The lowest BCUT2D eigenvalue weighted by molar-refractivity contribution is -0.244. The summed E-state index contributed by atoms with van der Waals surface area (Å²) in [5.41, 5.74) is -0.219. The van der Waals surface area contributed by atoms with Gasteiger partial charge in [0.15, 0.2) is 6.29 Å². The summed E-state index contributed by atoms with van der Waals surface area (Å²) in [5, 5.41) is 9.75. The summed E-state index contributed by atoms with van der Waals surface area (Å²) in [7, 11) is 2.07. The van der Waals surface area contributed by atoms with Gasteiger partial charge in [0.05, 0.1) is 0 Å². The number of ether oxygens (including phenoxy) is 1. The molecule has 0 bridgehead atoms. The molecule has 0 aromatic rings. The van der Waals surface area contributed by atoms with E-state index in [1.54, 1.807) is 0 Å². The number of aliphatic hydroxyl groups is 1. The topological polar surface area (TPSA) is 32.7 Å². The Bertz CT molecular complexity index is 184. The maximum atomic E-state index is 9.75. The maximum absolute atomic E-state index is 9.75. The van der Waals surface area contributed by atoms with Crippen LogP contribution in [-0.4, -0.2) is 35.6 Å². The maximum Gasteiger partial charge on any atom is 0.159 e. The van der Waals surface area contributed by atoms with Gasteiger partial charge in [0, 0.05) is 12.5 Å². The van der Waals surface area contributed by atoms with E-state index in [0.29, 0.717) is 0 Å². The number of hydrogen-bond donors (Lipinski definition) is 1. The monoisotopic (exact) mass is 201 g/mol. The summed E-state index contributed by atoms with van der Waals surface area (Å²) in [6, 6.07) is 0. The van der Waals surface area contributed by atoms with Crippen molar-refractivity contribution >= 4 is 0 Å². The molecule has 0 spiro atoms. The van der Waals surface area contributed by atoms with Crippen molar-refractivity contribution in [2.75, 3.05) is 13.6 Å². The molecule has 1 rings (SSSR count). The van der Waals surface area contributed by atoms with Crippen LogP contribution >= 0.6 is 0 Å². The van der Waals surface area contributed by atoms with Crippen LogP contribution in [0.4, 0.5) is 0 Å². The third-order valence-electron chi connectivity index (χ3n) is 3.22. The lowest BCUT2D eigenvalue weighted by atomic mass is 10.1. The Morgan fingerprint density at radius 1 is 1.50 bits per heavy atom. The summed E-state index contributed by atoms with van der Waals surface area (Å²) in [5.74, 6) is 0.160. The molecule has 1 heterocycles. The van der Waals surface area contributed by atoms with Gasteiger partial charge in [-0.05, 0) is 26.3 Å². The molecule has 1 saturated heterocycles. The normalized spacial score (nSPS) is 31.3. The van der Waals surface area contributed by atoms with E-state index in [4.69, 9.17) is 4.74 Å². The van der Waals surface area contributed by atoms with Crippen LogP contribution < -0.4 is 0 Å². The average molecular weight is 201 g/mol. The molecule has 0 aliphatic carbocycles. The summed E-state index contributed by atoms with van der Waals surface area (Å²) >= 11 is 0. The lowest BCUT2D eigenvalue weighted by Gasteiger charge is -2.38. The molecule has 1 fully saturated rings. The van der Waals surface area contributed by atoms with E-state index >= 15 is 0 Å². The molecule has 0 aromatic carbocycles. The fourth-order valence-corrected chi connectivity index (χ4v) is 2.03. The van der Waals surface area contributed by atoms with E-state index in [1.807, 2.05) is 13.8 Å². The van der Waals surface area contributed by atoms with Gasteiger partial charge in [-0.1, -0.05) is 20.8 Å². The van der Waals surface area contributed by atoms with Crippen molar-refractivity contribution < 1.29 is 9.84 Å². The second kappa shape index (κ2) is 4.60. The predicted octanol–water partition coefficient (Wildman–Crippen LogP) is 1.81. The van der Waals surface area contributed by atoms with Crippen molar-refractivity contribution in [1.82, 2.24) is 4.90 Å². The number of nitrogens with zero attached hydrogens (tertiary/aromatic N) is 1. The Hall–Kier alpha value is -0.120. The minimum absolute atomic E-state index is 0.160. The van der Waals surface area contributed by atoms with E-state index in [-0.39, 0.29) is 11.6 Å². The van der Waals surface area contributed by atoms with Crippen LogP contribution in [0.25, 0.3) is 0 Å². The Kier molecular flexibility index (Phi) is 3.93. The molecule has 84 valence electrons. The first-order chi connectivity index (χ1) is 6.52. The largest absolute Gasteiger partial charge is 0.368 e. The van der Waals surface area contributed by atoms with Crippen molar-refractivity contribution in [2.24, 2.45) is 5.92 Å². The Morgan fingerprint density at radius 3 is 2.50 bits per heavy atom. The molecule has 2 atom stereocenters. The summed E-state index contributed by atoms with van der Waals surface area (Å²) in [4.78, 5) is 2.22. The highest BCUT2D eigenvalue weighted by molar-refractivity contribution is 4.85. The SMILES string of the molecule is CCC1(OC(O)C(C)C)CCCN1C. The van der Waals surface area contributed by atoms with Crippen molar-refractivity contribution in [3.05, 3.63) is 0 Å². The van der Waals surface area contributed by atoms with Gasteiger partial charge < -0.3 is 9.84 Å². The molecular formula is C11H23NO2. The first-order valence-corrected chi connectivity index (χ1v) is 5.59. The summed E-state index contributed by atoms with van der Waals surface area (Å²) in [6.07, 6.45) is 2.49. The molecule has 3 heteroatoms. The van der Waals surface area contributed by atoms with Gasteiger partial charge in [-0.2, -0.15) is 0 Å². The lowest BCUT2D eigenvalue weighted by Crippen LogP contribution is -2.46. The van der Waals surface area contributed by atoms with Crippen LogP contribution in [0.5, 0.6) is 0 Å². The average Bonchev–Trinajstić information content (AvgIpc) is 2.48. The minimum Gasteiger partial charge on any atom is -0.368 e. The molecule has 1 N–H and O–H groups in total. The molecule has 0 amide bonds. The first kappa shape index (κ1) is 12.0. The predicted molar refractivity (Wildman–Crippen MR) is 56.8 cm³/mol. The van der Waals surface area contributed by atoms with Crippen LogP contribution in [-0.2, 0) is 4.74 Å². The number of rotatable bonds is 4. The Morgan fingerprint density at radius 2 is 2.14 bits per heavy atom. The molecular weight excluding hydrogens is 178 g/mol. The molecule has 0 saturated carbocycles. The third kappa shape index (κ3) is 2.27. The van der Waals surface area contributed by atoms with Gasteiger partial charge in [0.2, 0.25) is 0 Å². The van der Waals surface area contributed by atoms with E-state index in [9.17, 15) is 5.11 Å². The second-order valence-electron chi connectivity index (χ2n) is 4.58. The fraction of sp³-hybridized carbons (Fsp3) is 1.00. The van der Waals surface area contributed by atoms with Crippen LogP contribution in [0.3, 0.4) is 0 Å². The highest BCUT2D eigenvalue weighted by atomic mass is 16.6. The number of aliphatic hydroxyl groups excluding tert-OH is 1. The van der Waals surface area contributed by atoms with Gasteiger partial charge in [-0.25, -0.2) is 0 Å². The molecule has 0 radical (unpaired) electrons. The van der Waals surface area contributed by atoms with Gasteiger partial charge >= 0.3 is 0 Å². The molecule has 1 aliphatic rings. The molecule has 0 aromatic heterocycles. The summed E-state index contributed by atoms with van der Waals surface area (Å²) in [6.45, 7) is 7.14. The van der Waals surface area contributed by atoms with Crippen molar-refractivity contribution in [3.63, 3.8) is 0 Å². The van der Waals surface area contributed by atoms with E-state index < -0.39 is 6.29 Å².